The van der Waals surface area contributed by atoms with Gasteiger partial charge in [-0.3, -0.25) is 4.79 Å². The van der Waals surface area contributed by atoms with E-state index in [1.807, 2.05) is 18.2 Å². The van der Waals surface area contributed by atoms with Gasteiger partial charge in [0.05, 0.1) is 11.0 Å². The second kappa shape index (κ2) is 9.43. The Labute approximate surface area is 134 Å². The van der Waals surface area contributed by atoms with Crippen molar-refractivity contribution in [2.45, 2.75) is 32.9 Å². The van der Waals surface area contributed by atoms with Gasteiger partial charge in [0.1, 0.15) is 5.75 Å². The molecule has 1 unspecified atom stereocenters. The van der Waals surface area contributed by atoms with Gasteiger partial charge < -0.3 is 15.4 Å². The molecule has 0 bridgehead atoms. The number of terminal acetylenes is 1. The van der Waals surface area contributed by atoms with Crippen molar-refractivity contribution in [2.24, 2.45) is 0 Å². The number of ether oxygens (including phenoxy) is 1. The summed E-state index contributed by atoms with van der Waals surface area (Å²) in [6.07, 6.45) is 5.61. The van der Waals surface area contributed by atoms with Crippen LogP contribution in [0.1, 0.15) is 25.8 Å². The summed E-state index contributed by atoms with van der Waals surface area (Å²) in [6, 6.07) is 5.83. The van der Waals surface area contributed by atoms with E-state index in [-0.39, 0.29) is 12.5 Å². The van der Waals surface area contributed by atoms with Crippen molar-refractivity contribution < 1.29 is 9.53 Å². The summed E-state index contributed by atoms with van der Waals surface area (Å²) in [5.74, 6) is 2.77. The topological polar surface area (TPSA) is 50.4 Å². The summed E-state index contributed by atoms with van der Waals surface area (Å²) in [6.45, 7) is 5.82. The minimum Gasteiger partial charge on any atom is -0.480 e. The van der Waals surface area contributed by atoms with Gasteiger partial charge in [0.2, 0.25) is 0 Å². The summed E-state index contributed by atoms with van der Waals surface area (Å²) >= 11 is 3.47. The lowest BCUT2D eigenvalue weighted by Crippen LogP contribution is -2.36. The molecule has 0 aromatic heterocycles. The van der Waals surface area contributed by atoms with Crippen molar-refractivity contribution in [2.75, 3.05) is 13.1 Å². The second-order valence-corrected chi connectivity index (χ2v) is 5.48. The fourth-order valence-corrected chi connectivity index (χ4v) is 2.20. The van der Waals surface area contributed by atoms with Gasteiger partial charge in [-0.2, -0.15) is 0 Å². The smallest absolute Gasteiger partial charge is 0.261 e. The van der Waals surface area contributed by atoms with Gasteiger partial charge in [-0.05, 0) is 53.5 Å². The molecule has 0 aliphatic rings. The van der Waals surface area contributed by atoms with Gasteiger partial charge in [-0.25, -0.2) is 0 Å². The Balaban J connectivity index is 2.59. The van der Waals surface area contributed by atoms with Gasteiger partial charge in [-0.15, -0.1) is 6.42 Å². The molecule has 0 spiro atoms. The Hall–Kier alpha value is -1.51. The van der Waals surface area contributed by atoms with E-state index in [0.29, 0.717) is 5.75 Å². The van der Waals surface area contributed by atoms with Crippen LogP contribution in [0.3, 0.4) is 0 Å². The van der Waals surface area contributed by atoms with E-state index in [4.69, 9.17) is 11.2 Å². The van der Waals surface area contributed by atoms with Crippen LogP contribution in [-0.4, -0.2) is 25.1 Å². The van der Waals surface area contributed by atoms with E-state index in [9.17, 15) is 4.79 Å². The van der Waals surface area contributed by atoms with Crippen LogP contribution < -0.4 is 15.4 Å². The molecule has 4 nitrogen and oxygen atoms in total. The van der Waals surface area contributed by atoms with Gasteiger partial charge in [0.25, 0.3) is 5.91 Å². The lowest BCUT2D eigenvalue weighted by atomic mass is 10.2. The number of rotatable bonds is 8. The molecule has 1 aromatic carbocycles. The average molecular weight is 353 g/mol. The van der Waals surface area contributed by atoms with E-state index in [0.717, 1.165) is 29.5 Å². The first-order valence-electron chi connectivity index (χ1n) is 6.95. The normalized spacial score (nSPS) is 11.5. The Morgan fingerprint density at radius 1 is 1.52 bits per heavy atom. The first-order valence-corrected chi connectivity index (χ1v) is 7.74. The van der Waals surface area contributed by atoms with Crippen LogP contribution in [0.15, 0.2) is 22.7 Å². The molecule has 5 heteroatoms. The Bertz CT molecular complexity index is 511. The van der Waals surface area contributed by atoms with E-state index < -0.39 is 6.10 Å². The molecule has 1 amide bonds. The van der Waals surface area contributed by atoms with Crippen LogP contribution >= 0.6 is 15.9 Å². The number of benzene rings is 1. The zero-order valence-electron chi connectivity index (χ0n) is 12.4. The molecule has 0 aliphatic heterocycles. The highest BCUT2D eigenvalue weighted by Gasteiger charge is 2.15. The standard InChI is InChI=1S/C16H21BrN2O2/c1-4-8-18-11-13-6-7-15(14(17)10-13)21-12(3)16(20)19-9-5-2/h2,6-7,10,12,18H,4,8-9,11H2,1,3H3,(H,19,20). The summed E-state index contributed by atoms with van der Waals surface area (Å²) in [7, 11) is 0. The van der Waals surface area contributed by atoms with E-state index >= 15 is 0 Å². The van der Waals surface area contributed by atoms with Gasteiger partial charge >= 0.3 is 0 Å². The Morgan fingerprint density at radius 3 is 2.90 bits per heavy atom. The number of carbonyl (C=O) groups excluding carboxylic acids is 1. The number of hydrogen-bond donors (Lipinski definition) is 2. The van der Waals surface area contributed by atoms with E-state index in [2.05, 4.69) is 39.4 Å². The number of amides is 1. The highest BCUT2D eigenvalue weighted by Crippen LogP contribution is 2.27. The largest absolute Gasteiger partial charge is 0.480 e. The summed E-state index contributed by atoms with van der Waals surface area (Å²) in [5.41, 5.74) is 1.16. The van der Waals surface area contributed by atoms with Crippen LogP contribution in [-0.2, 0) is 11.3 Å². The number of halogens is 1. The molecule has 0 saturated carbocycles. The summed E-state index contributed by atoms with van der Waals surface area (Å²) in [4.78, 5) is 11.7. The first kappa shape index (κ1) is 17.5. The first-order chi connectivity index (χ1) is 10.1. The zero-order chi connectivity index (χ0) is 15.7. The minimum atomic E-state index is -0.598. The number of nitrogens with one attached hydrogen (secondary N) is 2. The molecule has 1 aromatic rings. The van der Waals surface area contributed by atoms with Crippen LogP contribution in [0.25, 0.3) is 0 Å². The van der Waals surface area contributed by atoms with Crippen LogP contribution in [0.5, 0.6) is 5.75 Å². The maximum atomic E-state index is 11.7. The van der Waals surface area contributed by atoms with Crippen molar-refractivity contribution in [1.29, 1.82) is 0 Å². The molecule has 0 saturated heterocycles. The van der Waals surface area contributed by atoms with E-state index in [1.54, 1.807) is 6.92 Å². The van der Waals surface area contributed by atoms with Crippen LogP contribution in [0.2, 0.25) is 0 Å². The summed E-state index contributed by atoms with van der Waals surface area (Å²) in [5, 5.41) is 5.93. The third-order valence-corrected chi connectivity index (χ3v) is 3.41. The van der Waals surface area contributed by atoms with Crippen molar-refractivity contribution in [3.05, 3.63) is 28.2 Å². The fourth-order valence-electron chi connectivity index (χ4n) is 1.69. The molecule has 1 rings (SSSR count). The third kappa shape index (κ3) is 6.19. The molecular formula is C16H21BrN2O2. The molecule has 0 radical (unpaired) electrons. The van der Waals surface area contributed by atoms with Gasteiger partial charge in [-0.1, -0.05) is 18.9 Å². The number of hydrogen-bond acceptors (Lipinski definition) is 3. The molecule has 2 N–H and O–H groups in total. The molecular weight excluding hydrogens is 332 g/mol. The van der Waals surface area contributed by atoms with Gasteiger partial charge in [0.15, 0.2) is 6.10 Å². The maximum absolute atomic E-state index is 11.7. The predicted octanol–water partition coefficient (Wildman–Crippen LogP) is 2.47. The number of carbonyl (C=O) groups is 1. The SMILES string of the molecule is C#CCNC(=O)C(C)Oc1ccc(CNCCC)cc1Br. The molecule has 0 fully saturated rings. The van der Waals surface area contributed by atoms with Crippen molar-refractivity contribution >= 4 is 21.8 Å². The monoisotopic (exact) mass is 352 g/mol. The zero-order valence-corrected chi connectivity index (χ0v) is 14.0. The Kier molecular flexibility index (Phi) is 7.88. The predicted molar refractivity (Wildman–Crippen MR) is 88.1 cm³/mol. The maximum Gasteiger partial charge on any atom is 0.261 e. The quantitative estimate of drug-likeness (QED) is 0.558. The highest BCUT2D eigenvalue weighted by molar-refractivity contribution is 9.10. The minimum absolute atomic E-state index is 0.204. The van der Waals surface area contributed by atoms with Crippen molar-refractivity contribution in [3.63, 3.8) is 0 Å². The fraction of sp³-hybridized carbons (Fsp3) is 0.438. The average Bonchev–Trinajstić information content (AvgIpc) is 2.47. The lowest BCUT2D eigenvalue weighted by Gasteiger charge is -2.15. The van der Waals surface area contributed by atoms with Crippen LogP contribution in [0, 0.1) is 12.3 Å². The van der Waals surface area contributed by atoms with E-state index in [1.165, 1.54) is 0 Å². The second-order valence-electron chi connectivity index (χ2n) is 4.62. The Morgan fingerprint density at radius 2 is 2.29 bits per heavy atom. The molecule has 1 atom stereocenters. The summed E-state index contributed by atoms with van der Waals surface area (Å²) < 4.78 is 6.47. The van der Waals surface area contributed by atoms with Crippen molar-refractivity contribution in [3.8, 4) is 18.1 Å². The molecule has 0 aliphatic carbocycles. The van der Waals surface area contributed by atoms with Gasteiger partial charge in [0, 0.05) is 6.54 Å². The van der Waals surface area contributed by atoms with Crippen molar-refractivity contribution in [1.82, 2.24) is 10.6 Å². The third-order valence-electron chi connectivity index (χ3n) is 2.79. The highest BCUT2D eigenvalue weighted by atomic mass is 79.9. The van der Waals surface area contributed by atoms with Crippen LogP contribution in [0.4, 0.5) is 0 Å². The molecule has 0 heterocycles. The molecule has 21 heavy (non-hydrogen) atoms. The lowest BCUT2D eigenvalue weighted by molar-refractivity contribution is -0.127. The molecule has 114 valence electrons.